The molecule has 110 valence electrons. The molecular formula is C13H17ClN2O4. The molecule has 1 aliphatic rings. The average molecular weight is 301 g/mol. The van der Waals surface area contributed by atoms with E-state index in [-0.39, 0.29) is 17.9 Å². The molecule has 20 heavy (non-hydrogen) atoms. The van der Waals surface area contributed by atoms with Crippen molar-refractivity contribution < 1.29 is 19.0 Å². The highest BCUT2D eigenvalue weighted by Gasteiger charge is 2.31. The molecule has 0 spiro atoms. The van der Waals surface area contributed by atoms with Crippen LogP contribution in [0.15, 0.2) is 12.1 Å². The minimum atomic E-state index is -0.374. The lowest BCUT2D eigenvalue weighted by molar-refractivity contribution is -0.120. The molecule has 7 heteroatoms. The second-order valence-electron chi connectivity index (χ2n) is 4.48. The Morgan fingerprint density at radius 2 is 2.05 bits per heavy atom. The lowest BCUT2D eigenvalue weighted by Crippen LogP contribution is -2.37. The third-order valence-corrected chi connectivity index (χ3v) is 3.49. The van der Waals surface area contributed by atoms with E-state index < -0.39 is 0 Å². The Balaban J connectivity index is 2.21. The molecule has 3 N–H and O–H groups in total. The van der Waals surface area contributed by atoms with Gasteiger partial charge in [0.2, 0.25) is 5.91 Å². The topological polar surface area (TPSA) is 82.8 Å². The van der Waals surface area contributed by atoms with Crippen LogP contribution in [0.4, 0.5) is 5.69 Å². The molecule has 1 aromatic rings. The van der Waals surface area contributed by atoms with Gasteiger partial charge in [0, 0.05) is 18.2 Å². The summed E-state index contributed by atoms with van der Waals surface area (Å²) in [6.07, 6.45) is 0. The van der Waals surface area contributed by atoms with Crippen LogP contribution in [0.3, 0.4) is 0 Å². The Morgan fingerprint density at radius 1 is 1.35 bits per heavy atom. The molecule has 0 radical (unpaired) electrons. The normalized spacial score (nSPS) is 21.6. The molecule has 1 fully saturated rings. The highest BCUT2D eigenvalue weighted by atomic mass is 35.5. The van der Waals surface area contributed by atoms with Crippen molar-refractivity contribution in [1.82, 2.24) is 0 Å². The number of hydrogen-bond acceptors (Lipinski definition) is 5. The van der Waals surface area contributed by atoms with Gasteiger partial charge in [-0.15, -0.1) is 0 Å². The SMILES string of the molecule is COc1cc(NC(=O)C2COCC2N)c(OC)cc1Cl. The van der Waals surface area contributed by atoms with E-state index in [9.17, 15) is 4.79 Å². The Kier molecular flexibility index (Phi) is 4.69. The smallest absolute Gasteiger partial charge is 0.231 e. The van der Waals surface area contributed by atoms with Gasteiger partial charge < -0.3 is 25.3 Å². The molecule has 1 aromatic carbocycles. The highest BCUT2D eigenvalue weighted by Crippen LogP contribution is 2.36. The third kappa shape index (κ3) is 2.98. The van der Waals surface area contributed by atoms with Gasteiger partial charge in [0.15, 0.2) is 0 Å². The predicted molar refractivity (Wildman–Crippen MR) is 75.5 cm³/mol. The molecule has 1 aliphatic heterocycles. The Labute approximate surface area is 122 Å². The van der Waals surface area contributed by atoms with Gasteiger partial charge in [0.1, 0.15) is 11.5 Å². The zero-order valence-corrected chi connectivity index (χ0v) is 12.1. The van der Waals surface area contributed by atoms with Crippen molar-refractivity contribution in [3.63, 3.8) is 0 Å². The van der Waals surface area contributed by atoms with Crippen LogP contribution in [0.25, 0.3) is 0 Å². The average Bonchev–Trinajstić information content (AvgIpc) is 2.86. The maximum absolute atomic E-state index is 12.2. The highest BCUT2D eigenvalue weighted by molar-refractivity contribution is 6.32. The number of rotatable bonds is 4. The van der Waals surface area contributed by atoms with E-state index in [0.29, 0.717) is 35.4 Å². The maximum atomic E-state index is 12.2. The quantitative estimate of drug-likeness (QED) is 0.875. The molecule has 2 unspecified atom stereocenters. The molecule has 6 nitrogen and oxygen atoms in total. The van der Waals surface area contributed by atoms with Crippen molar-refractivity contribution in [3.8, 4) is 11.5 Å². The van der Waals surface area contributed by atoms with Gasteiger partial charge in [0.25, 0.3) is 0 Å². The standard InChI is InChI=1S/C13H17ClN2O4/c1-18-11-4-10(12(19-2)3-8(11)14)16-13(17)7-5-20-6-9(7)15/h3-4,7,9H,5-6,15H2,1-2H3,(H,16,17). The molecule has 1 amide bonds. The lowest BCUT2D eigenvalue weighted by atomic mass is 10.0. The summed E-state index contributed by atoms with van der Waals surface area (Å²) >= 11 is 6.01. The van der Waals surface area contributed by atoms with E-state index in [2.05, 4.69) is 5.32 Å². The molecule has 0 bridgehead atoms. The summed E-state index contributed by atoms with van der Waals surface area (Å²) in [5.41, 5.74) is 6.31. The van der Waals surface area contributed by atoms with E-state index in [1.807, 2.05) is 0 Å². The van der Waals surface area contributed by atoms with Crippen molar-refractivity contribution in [2.45, 2.75) is 6.04 Å². The molecule has 2 atom stereocenters. The summed E-state index contributed by atoms with van der Waals surface area (Å²) in [6.45, 7) is 0.708. The second kappa shape index (κ2) is 6.30. The van der Waals surface area contributed by atoms with E-state index in [4.69, 9.17) is 31.5 Å². The Hall–Kier alpha value is -1.50. The molecule has 0 aromatic heterocycles. The first-order valence-electron chi connectivity index (χ1n) is 6.12. The second-order valence-corrected chi connectivity index (χ2v) is 4.89. The molecule has 1 saturated heterocycles. The fraction of sp³-hybridized carbons (Fsp3) is 0.462. The number of anilines is 1. The van der Waals surface area contributed by atoms with Gasteiger partial charge >= 0.3 is 0 Å². The molecule has 0 aliphatic carbocycles. The predicted octanol–water partition coefficient (Wildman–Crippen LogP) is 1.27. The first kappa shape index (κ1) is 14.9. The van der Waals surface area contributed by atoms with Gasteiger partial charge in [0.05, 0.1) is 44.1 Å². The molecule has 1 heterocycles. The fourth-order valence-corrected chi connectivity index (χ4v) is 2.26. The Morgan fingerprint density at radius 3 is 2.60 bits per heavy atom. The number of nitrogens with one attached hydrogen (secondary N) is 1. The van der Waals surface area contributed by atoms with Crippen LogP contribution in [0, 0.1) is 5.92 Å². The minimum absolute atomic E-state index is 0.210. The van der Waals surface area contributed by atoms with Crippen LogP contribution in [-0.2, 0) is 9.53 Å². The van der Waals surface area contributed by atoms with Crippen molar-refractivity contribution in [2.75, 3.05) is 32.8 Å². The third-order valence-electron chi connectivity index (χ3n) is 3.19. The number of amides is 1. The monoisotopic (exact) mass is 300 g/mol. The van der Waals surface area contributed by atoms with Gasteiger partial charge in [-0.2, -0.15) is 0 Å². The summed E-state index contributed by atoms with van der Waals surface area (Å²) in [5, 5.41) is 3.18. The number of carbonyl (C=O) groups is 1. The molecule has 0 saturated carbocycles. The molecule has 2 rings (SSSR count). The van der Waals surface area contributed by atoms with Crippen LogP contribution in [0.5, 0.6) is 11.5 Å². The van der Waals surface area contributed by atoms with E-state index >= 15 is 0 Å². The summed E-state index contributed by atoms with van der Waals surface area (Å²) in [7, 11) is 3.00. The van der Waals surface area contributed by atoms with Crippen LogP contribution in [0.1, 0.15) is 0 Å². The van der Waals surface area contributed by atoms with E-state index in [1.165, 1.54) is 14.2 Å². The van der Waals surface area contributed by atoms with Gasteiger partial charge in [-0.05, 0) is 0 Å². The number of ether oxygens (including phenoxy) is 3. The number of carbonyl (C=O) groups excluding carboxylic acids is 1. The first-order chi connectivity index (χ1) is 9.56. The number of hydrogen-bond donors (Lipinski definition) is 2. The van der Waals surface area contributed by atoms with Crippen molar-refractivity contribution >= 4 is 23.2 Å². The lowest BCUT2D eigenvalue weighted by Gasteiger charge is -2.16. The maximum Gasteiger partial charge on any atom is 0.231 e. The van der Waals surface area contributed by atoms with Crippen LogP contribution in [0.2, 0.25) is 5.02 Å². The number of halogens is 1. The number of methoxy groups -OCH3 is 2. The zero-order chi connectivity index (χ0) is 14.7. The van der Waals surface area contributed by atoms with Crippen molar-refractivity contribution in [1.29, 1.82) is 0 Å². The summed E-state index contributed by atoms with van der Waals surface area (Å²) in [4.78, 5) is 12.2. The summed E-state index contributed by atoms with van der Waals surface area (Å²) < 4.78 is 15.5. The van der Waals surface area contributed by atoms with Crippen LogP contribution < -0.4 is 20.5 Å². The Bertz CT molecular complexity index is 509. The van der Waals surface area contributed by atoms with Gasteiger partial charge in [-0.1, -0.05) is 11.6 Å². The van der Waals surface area contributed by atoms with Crippen molar-refractivity contribution in [3.05, 3.63) is 17.2 Å². The minimum Gasteiger partial charge on any atom is -0.495 e. The first-order valence-corrected chi connectivity index (χ1v) is 6.50. The van der Waals surface area contributed by atoms with Crippen molar-refractivity contribution in [2.24, 2.45) is 11.7 Å². The fourth-order valence-electron chi connectivity index (χ4n) is 2.02. The number of benzene rings is 1. The summed E-state index contributed by atoms with van der Waals surface area (Å²) in [6, 6.07) is 2.90. The number of nitrogens with two attached hydrogens (primary N) is 1. The van der Waals surface area contributed by atoms with Gasteiger partial charge in [-0.3, -0.25) is 4.79 Å². The zero-order valence-electron chi connectivity index (χ0n) is 11.3. The summed E-state index contributed by atoms with van der Waals surface area (Å²) in [5.74, 6) is 0.324. The van der Waals surface area contributed by atoms with Crippen LogP contribution >= 0.6 is 11.6 Å². The van der Waals surface area contributed by atoms with E-state index in [1.54, 1.807) is 12.1 Å². The van der Waals surface area contributed by atoms with Gasteiger partial charge in [-0.25, -0.2) is 0 Å². The van der Waals surface area contributed by atoms with Crippen LogP contribution in [-0.4, -0.2) is 39.4 Å². The molecular weight excluding hydrogens is 284 g/mol. The van der Waals surface area contributed by atoms with E-state index in [0.717, 1.165) is 0 Å². The largest absolute Gasteiger partial charge is 0.495 e.